The topological polar surface area (TPSA) is 40.5 Å². The van der Waals surface area contributed by atoms with Gasteiger partial charge in [0, 0.05) is 17.4 Å². The van der Waals surface area contributed by atoms with Gasteiger partial charge in [0.15, 0.2) is 0 Å². The molecule has 2 nitrogen and oxygen atoms in total. The first-order valence-electron chi connectivity index (χ1n) is 3.59. The maximum absolute atomic E-state index is 9.42. The van der Waals surface area contributed by atoms with Crippen LogP contribution >= 0.6 is 15.9 Å². The molecular weight excluding hydrogens is 196 g/mol. The molecule has 0 saturated heterocycles. The monoisotopic (exact) mass is 208 g/mol. The van der Waals surface area contributed by atoms with Gasteiger partial charge in [-0.1, -0.05) is 22.9 Å². The van der Waals surface area contributed by atoms with Crippen LogP contribution in [0.15, 0.2) is 0 Å². The molecule has 0 unspecified atom stereocenters. The fourth-order valence-corrected chi connectivity index (χ4v) is 2.17. The first kappa shape index (κ1) is 8.50. The summed E-state index contributed by atoms with van der Waals surface area (Å²) in [4.78, 5) is 0.171. The molecule has 0 bridgehead atoms. The van der Waals surface area contributed by atoms with E-state index < -0.39 is 0 Å². The highest BCUT2D eigenvalue weighted by molar-refractivity contribution is 9.09. The highest BCUT2D eigenvalue weighted by Crippen LogP contribution is 2.35. The minimum Gasteiger partial charge on any atom is -0.396 e. The molecule has 1 saturated carbocycles. The number of aliphatic hydroxyl groups excluding tert-OH is 2. The van der Waals surface area contributed by atoms with Crippen LogP contribution in [0, 0.1) is 11.8 Å². The third-order valence-electron chi connectivity index (χ3n) is 2.26. The lowest BCUT2D eigenvalue weighted by Gasteiger charge is -2.12. The van der Waals surface area contributed by atoms with E-state index in [1.54, 1.807) is 0 Å². The standard InChI is InChI=1S/C7H13BrO2/c1-4-2-5(3-9)7(10)6(4)8/h4-7,9-10H,2-3H2,1H3/t4-,5+,6-,7-/m1/s1. The summed E-state index contributed by atoms with van der Waals surface area (Å²) in [7, 11) is 0. The van der Waals surface area contributed by atoms with E-state index in [1.807, 2.05) is 0 Å². The van der Waals surface area contributed by atoms with Gasteiger partial charge >= 0.3 is 0 Å². The van der Waals surface area contributed by atoms with Crippen LogP contribution in [0.1, 0.15) is 13.3 Å². The van der Waals surface area contributed by atoms with Gasteiger partial charge in [0.05, 0.1) is 6.10 Å². The molecule has 4 atom stereocenters. The van der Waals surface area contributed by atoms with Gasteiger partial charge in [-0.25, -0.2) is 0 Å². The van der Waals surface area contributed by atoms with E-state index in [9.17, 15) is 5.11 Å². The van der Waals surface area contributed by atoms with Crippen molar-refractivity contribution in [3.63, 3.8) is 0 Å². The summed E-state index contributed by atoms with van der Waals surface area (Å²) in [6.07, 6.45) is 0.563. The average molecular weight is 209 g/mol. The quantitative estimate of drug-likeness (QED) is 0.626. The normalized spacial score (nSPS) is 48.0. The molecule has 0 amide bonds. The zero-order chi connectivity index (χ0) is 7.72. The number of rotatable bonds is 1. The van der Waals surface area contributed by atoms with Gasteiger partial charge in [-0.05, 0) is 12.3 Å². The van der Waals surface area contributed by atoms with Crippen molar-refractivity contribution in [2.75, 3.05) is 6.61 Å². The van der Waals surface area contributed by atoms with Crippen molar-refractivity contribution in [2.24, 2.45) is 11.8 Å². The molecule has 1 fully saturated rings. The highest BCUT2D eigenvalue weighted by Gasteiger charge is 2.37. The molecule has 1 aliphatic carbocycles. The Morgan fingerprint density at radius 1 is 1.60 bits per heavy atom. The maximum atomic E-state index is 9.42. The summed E-state index contributed by atoms with van der Waals surface area (Å²) in [6, 6.07) is 0. The molecule has 1 aliphatic rings. The second kappa shape index (κ2) is 3.20. The number of halogens is 1. The summed E-state index contributed by atoms with van der Waals surface area (Å²) in [5.41, 5.74) is 0. The van der Waals surface area contributed by atoms with Crippen LogP contribution in [-0.2, 0) is 0 Å². The molecule has 2 N–H and O–H groups in total. The highest BCUT2D eigenvalue weighted by atomic mass is 79.9. The van der Waals surface area contributed by atoms with Crippen molar-refractivity contribution in [2.45, 2.75) is 24.3 Å². The van der Waals surface area contributed by atoms with Crippen LogP contribution in [-0.4, -0.2) is 27.8 Å². The fourth-order valence-electron chi connectivity index (χ4n) is 1.53. The lowest BCUT2D eigenvalue weighted by Crippen LogP contribution is -2.24. The van der Waals surface area contributed by atoms with Gasteiger partial charge in [0.2, 0.25) is 0 Å². The Labute approximate surface area is 69.4 Å². The van der Waals surface area contributed by atoms with Crippen LogP contribution in [0.4, 0.5) is 0 Å². The minimum atomic E-state index is -0.361. The second-order valence-electron chi connectivity index (χ2n) is 3.09. The number of hydrogen-bond acceptors (Lipinski definition) is 2. The molecule has 10 heavy (non-hydrogen) atoms. The fraction of sp³-hybridized carbons (Fsp3) is 1.00. The maximum Gasteiger partial charge on any atom is 0.0717 e. The van der Waals surface area contributed by atoms with Crippen LogP contribution < -0.4 is 0 Å². The van der Waals surface area contributed by atoms with Crippen molar-refractivity contribution in [1.29, 1.82) is 0 Å². The van der Waals surface area contributed by atoms with E-state index in [1.165, 1.54) is 0 Å². The molecule has 60 valence electrons. The molecule has 0 aromatic rings. The number of hydrogen-bond donors (Lipinski definition) is 2. The first-order valence-corrected chi connectivity index (χ1v) is 4.51. The Balaban J connectivity index is 2.53. The van der Waals surface area contributed by atoms with E-state index in [2.05, 4.69) is 22.9 Å². The van der Waals surface area contributed by atoms with E-state index in [0.717, 1.165) is 6.42 Å². The van der Waals surface area contributed by atoms with Crippen molar-refractivity contribution in [3.05, 3.63) is 0 Å². The van der Waals surface area contributed by atoms with Crippen LogP contribution in [0.3, 0.4) is 0 Å². The van der Waals surface area contributed by atoms with Crippen LogP contribution in [0.2, 0.25) is 0 Å². The zero-order valence-corrected chi connectivity index (χ0v) is 7.58. The summed E-state index contributed by atoms with van der Waals surface area (Å²) in [6.45, 7) is 2.19. The minimum absolute atomic E-state index is 0.0828. The third kappa shape index (κ3) is 1.36. The zero-order valence-electron chi connectivity index (χ0n) is 6.00. The molecule has 1 rings (SSSR count). The van der Waals surface area contributed by atoms with Gasteiger partial charge in [-0.15, -0.1) is 0 Å². The first-order chi connectivity index (χ1) is 4.66. The van der Waals surface area contributed by atoms with E-state index >= 15 is 0 Å². The summed E-state index contributed by atoms with van der Waals surface area (Å²) in [5.74, 6) is 0.562. The molecule has 0 aliphatic heterocycles. The molecule has 3 heteroatoms. The molecule has 0 spiro atoms. The van der Waals surface area contributed by atoms with E-state index in [0.29, 0.717) is 5.92 Å². The number of alkyl halides is 1. The van der Waals surface area contributed by atoms with Gasteiger partial charge in [-0.2, -0.15) is 0 Å². The Morgan fingerprint density at radius 2 is 2.20 bits per heavy atom. The van der Waals surface area contributed by atoms with Crippen LogP contribution in [0.5, 0.6) is 0 Å². The van der Waals surface area contributed by atoms with E-state index in [-0.39, 0.29) is 23.5 Å². The van der Waals surface area contributed by atoms with Crippen molar-refractivity contribution < 1.29 is 10.2 Å². The molecule has 0 aromatic heterocycles. The Kier molecular flexibility index (Phi) is 2.72. The van der Waals surface area contributed by atoms with Crippen molar-refractivity contribution in [1.82, 2.24) is 0 Å². The van der Waals surface area contributed by atoms with Gasteiger partial charge in [0.1, 0.15) is 0 Å². The predicted molar refractivity (Wildman–Crippen MR) is 43.1 cm³/mol. The van der Waals surface area contributed by atoms with Crippen molar-refractivity contribution >= 4 is 15.9 Å². The Bertz CT molecular complexity index is 118. The van der Waals surface area contributed by atoms with Crippen molar-refractivity contribution in [3.8, 4) is 0 Å². The van der Waals surface area contributed by atoms with Gasteiger partial charge in [0.25, 0.3) is 0 Å². The predicted octanol–water partition coefficient (Wildman–Crippen LogP) is 0.759. The molecule has 0 aromatic carbocycles. The average Bonchev–Trinajstić information content (AvgIpc) is 2.17. The SMILES string of the molecule is C[C@@H]1C[C@@H](CO)[C@@H](O)[C@@H]1Br. The summed E-state index contributed by atoms with van der Waals surface area (Å²) >= 11 is 3.39. The molecule has 0 heterocycles. The third-order valence-corrected chi connectivity index (χ3v) is 3.71. The Morgan fingerprint density at radius 3 is 2.40 bits per heavy atom. The second-order valence-corrected chi connectivity index (χ2v) is 4.15. The lowest BCUT2D eigenvalue weighted by molar-refractivity contribution is 0.0947. The lowest BCUT2D eigenvalue weighted by atomic mass is 10.1. The summed E-state index contributed by atoms with van der Waals surface area (Å²) < 4.78 is 0. The van der Waals surface area contributed by atoms with Gasteiger partial charge < -0.3 is 10.2 Å². The largest absolute Gasteiger partial charge is 0.396 e. The summed E-state index contributed by atoms with van der Waals surface area (Å²) in [5, 5.41) is 18.2. The Hall–Kier alpha value is 0.400. The van der Waals surface area contributed by atoms with E-state index in [4.69, 9.17) is 5.11 Å². The smallest absolute Gasteiger partial charge is 0.0717 e. The molecular formula is C7H13BrO2. The van der Waals surface area contributed by atoms with Gasteiger partial charge in [-0.3, -0.25) is 0 Å². The van der Waals surface area contributed by atoms with Crippen LogP contribution in [0.25, 0.3) is 0 Å². The molecule has 0 radical (unpaired) electrons. The number of aliphatic hydroxyl groups is 2.